The van der Waals surface area contributed by atoms with Crippen LogP contribution in [0.3, 0.4) is 0 Å². The van der Waals surface area contributed by atoms with Crippen molar-refractivity contribution < 1.29 is 29.0 Å². The zero-order valence-corrected chi connectivity index (χ0v) is 24.3. The van der Waals surface area contributed by atoms with Crippen molar-refractivity contribution in [3.63, 3.8) is 0 Å². The number of carbonyl (C=O) groups is 3. The number of aliphatic hydroxyl groups excluding tert-OH is 1. The number of nitrogens with one attached hydrogen (secondary N) is 1. The van der Waals surface area contributed by atoms with Crippen LogP contribution in [0.15, 0.2) is 102 Å². The molecule has 2 heterocycles. The average molecular weight is 595 g/mol. The quantitative estimate of drug-likeness (QED) is 0.183. The summed E-state index contributed by atoms with van der Waals surface area (Å²) in [6, 6.07) is 29.3. The van der Waals surface area contributed by atoms with Gasteiger partial charge in [-0.2, -0.15) is 0 Å². The highest BCUT2D eigenvalue weighted by molar-refractivity contribution is 7.99. The van der Waals surface area contributed by atoms with Crippen molar-refractivity contribution >= 4 is 40.9 Å². The summed E-state index contributed by atoms with van der Waals surface area (Å²) in [6.07, 6.45) is -0.411. The molecule has 0 saturated carbocycles. The molecule has 8 nitrogen and oxygen atoms in total. The summed E-state index contributed by atoms with van der Waals surface area (Å²) in [6.45, 7) is 1.45. The molecule has 2 aliphatic rings. The van der Waals surface area contributed by atoms with Gasteiger partial charge >= 0.3 is 0 Å². The number of amides is 3. The third-order valence-electron chi connectivity index (χ3n) is 7.44. The molecule has 0 radical (unpaired) electrons. The molecule has 43 heavy (non-hydrogen) atoms. The number of ether oxygens (including phenoxy) is 2. The maximum Gasteiger partial charge on any atom is 0.266 e. The SMILES string of the molecule is CC(=O)Nc1ccc(SC[C@@H]2C[C@H](c3ccc(CO)cc3)O[C@H](c3ccc(N4C(=O)c5ccccc5C4=O)cc3)O2)cc1. The van der Waals surface area contributed by atoms with Crippen LogP contribution in [-0.2, 0) is 20.9 Å². The van der Waals surface area contributed by atoms with Crippen LogP contribution in [-0.4, -0.2) is 34.7 Å². The lowest BCUT2D eigenvalue weighted by Crippen LogP contribution is -2.31. The highest BCUT2D eigenvalue weighted by Crippen LogP contribution is 2.40. The van der Waals surface area contributed by atoms with E-state index < -0.39 is 6.29 Å². The van der Waals surface area contributed by atoms with E-state index in [2.05, 4.69) is 5.32 Å². The molecule has 1 saturated heterocycles. The van der Waals surface area contributed by atoms with Gasteiger partial charge in [0.2, 0.25) is 5.91 Å². The van der Waals surface area contributed by atoms with Crippen molar-refractivity contribution in [3.8, 4) is 0 Å². The number of benzene rings is 4. The summed E-state index contributed by atoms with van der Waals surface area (Å²) in [5, 5.41) is 12.3. The number of fused-ring (bicyclic) bond motifs is 1. The summed E-state index contributed by atoms with van der Waals surface area (Å²) in [5.41, 5.74) is 4.61. The predicted octanol–water partition coefficient (Wildman–Crippen LogP) is 6.28. The number of nitrogens with zero attached hydrogens (tertiary/aromatic N) is 1. The van der Waals surface area contributed by atoms with Crippen LogP contribution < -0.4 is 10.2 Å². The molecule has 0 unspecified atom stereocenters. The smallest absolute Gasteiger partial charge is 0.266 e. The maximum absolute atomic E-state index is 13.0. The summed E-state index contributed by atoms with van der Waals surface area (Å²) < 4.78 is 12.9. The molecule has 4 aromatic carbocycles. The van der Waals surface area contributed by atoms with E-state index >= 15 is 0 Å². The third-order valence-corrected chi connectivity index (χ3v) is 8.59. The van der Waals surface area contributed by atoms with E-state index in [9.17, 15) is 19.5 Å². The number of rotatable bonds is 8. The predicted molar refractivity (Wildman–Crippen MR) is 164 cm³/mol. The summed E-state index contributed by atoms with van der Waals surface area (Å²) >= 11 is 1.66. The Morgan fingerprint density at radius 1 is 0.860 bits per heavy atom. The minimum Gasteiger partial charge on any atom is -0.392 e. The molecule has 3 atom stereocenters. The summed E-state index contributed by atoms with van der Waals surface area (Å²) in [7, 11) is 0. The van der Waals surface area contributed by atoms with Gasteiger partial charge in [-0.05, 0) is 59.7 Å². The second-order valence-electron chi connectivity index (χ2n) is 10.4. The van der Waals surface area contributed by atoms with E-state index in [-0.39, 0.29) is 36.5 Å². The Morgan fingerprint density at radius 3 is 2.09 bits per heavy atom. The molecule has 0 aliphatic carbocycles. The maximum atomic E-state index is 13.0. The highest BCUT2D eigenvalue weighted by atomic mass is 32.2. The van der Waals surface area contributed by atoms with Gasteiger partial charge in [-0.25, -0.2) is 4.90 Å². The Morgan fingerprint density at radius 2 is 1.49 bits per heavy atom. The fraction of sp³-hybridized carbons (Fsp3) is 0.206. The number of hydrogen-bond donors (Lipinski definition) is 2. The van der Waals surface area contributed by atoms with Gasteiger partial charge in [0.1, 0.15) is 0 Å². The Bertz CT molecular complexity index is 1600. The van der Waals surface area contributed by atoms with E-state index in [0.29, 0.717) is 29.0 Å². The molecule has 0 aromatic heterocycles. The molecule has 2 aliphatic heterocycles. The molecule has 0 spiro atoms. The van der Waals surface area contributed by atoms with Gasteiger partial charge < -0.3 is 19.9 Å². The number of carbonyl (C=O) groups excluding carboxylic acids is 3. The van der Waals surface area contributed by atoms with Crippen LogP contribution in [0.2, 0.25) is 0 Å². The minimum absolute atomic E-state index is 0.0308. The number of hydrogen-bond acceptors (Lipinski definition) is 7. The van der Waals surface area contributed by atoms with Crippen molar-refractivity contribution in [2.45, 2.75) is 43.3 Å². The van der Waals surface area contributed by atoms with Crippen LogP contribution in [0.5, 0.6) is 0 Å². The lowest BCUT2D eigenvalue weighted by molar-refractivity contribution is -0.245. The van der Waals surface area contributed by atoms with Gasteiger partial charge in [-0.3, -0.25) is 14.4 Å². The zero-order valence-electron chi connectivity index (χ0n) is 23.4. The fourth-order valence-corrected chi connectivity index (χ4v) is 6.18. The zero-order chi connectivity index (χ0) is 29.9. The fourth-order valence-electron chi connectivity index (χ4n) is 5.25. The standard InChI is InChI=1S/C34H30N2O6S/c1-21(38)35-25-12-16-28(17-13-25)43-20-27-18-31(23-8-6-22(19-37)7-9-23)42-34(41-27)24-10-14-26(15-11-24)36-32(39)29-4-2-3-5-30(29)33(36)40/h2-17,27,31,34,37H,18-20H2,1H3,(H,35,38)/t27-,31+,34+/m0/s1. The van der Waals surface area contributed by atoms with Crippen molar-refractivity contribution in [1.82, 2.24) is 0 Å². The normalized spacial score (nSPS) is 19.8. The number of imide groups is 1. The highest BCUT2D eigenvalue weighted by Gasteiger charge is 2.37. The first-order valence-electron chi connectivity index (χ1n) is 14.0. The average Bonchev–Trinajstić information content (AvgIpc) is 3.29. The second kappa shape index (κ2) is 12.5. The first-order chi connectivity index (χ1) is 20.9. The molecular weight excluding hydrogens is 564 g/mol. The van der Waals surface area contributed by atoms with Gasteiger partial charge in [-0.1, -0.05) is 48.5 Å². The Balaban J connectivity index is 1.20. The van der Waals surface area contributed by atoms with Crippen LogP contribution in [0, 0.1) is 0 Å². The lowest BCUT2D eigenvalue weighted by atomic mass is 10.0. The molecule has 218 valence electrons. The number of aliphatic hydroxyl groups is 1. The Labute approximate surface area is 253 Å². The third kappa shape index (κ3) is 6.25. The molecule has 9 heteroatoms. The van der Waals surface area contributed by atoms with Crippen molar-refractivity contribution in [2.24, 2.45) is 0 Å². The first kappa shape index (κ1) is 28.8. The molecule has 2 N–H and O–H groups in total. The summed E-state index contributed by atoms with van der Waals surface area (Å²) in [5.74, 6) is -0.117. The van der Waals surface area contributed by atoms with Crippen LogP contribution in [0.1, 0.15) is 63.1 Å². The molecular formula is C34H30N2O6S. The molecule has 6 rings (SSSR count). The largest absolute Gasteiger partial charge is 0.392 e. The van der Waals surface area contributed by atoms with E-state index in [1.165, 1.54) is 11.8 Å². The van der Waals surface area contributed by atoms with E-state index in [1.54, 1.807) is 48.2 Å². The van der Waals surface area contributed by atoms with Crippen LogP contribution in [0.25, 0.3) is 0 Å². The van der Waals surface area contributed by atoms with Gasteiger partial charge in [-0.15, -0.1) is 11.8 Å². The van der Waals surface area contributed by atoms with Crippen molar-refractivity contribution in [1.29, 1.82) is 0 Å². The second-order valence-corrected chi connectivity index (χ2v) is 11.5. The first-order valence-corrected chi connectivity index (χ1v) is 15.0. The van der Waals surface area contributed by atoms with Gasteiger partial charge in [0.05, 0.1) is 35.6 Å². The number of thioether (sulfide) groups is 1. The monoisotopic (exact) mass is 594 g/mol. The Hall–Kier alpha value is -4.28. The van der Waals surface area contributed by atoms with Gasteiger partial charge in [0, 0.05) is 35.2 Å². The van der Waals surface area contributed by atoms with Gasteiger partial charge in [0.15, 0.2) is 6.29 Å². The van der Waals surface area contributed by atoms with Gasteiger partial charge in [0.25, 0.3) is 11.8 Å². The van der Waals surface area contributed by atoms with Crippen LogP contribution in [0.4, 0.5) is 11.4 Å². The molecule has 0 bridgehead atoms. The van der Waals surface area contributed by atoms with E-state index in [0.717, 1.165) is 27.3 Å². The number of anilines is 2. The Kier molecular flexibility index (Phi) is 8.40. The topological polar surface area (TPSA) is 105 Å². The van der Waals surface area contributed by atoms with Crippen molar-refractivity contribution in [2.75, 3.05) is 16.0 Å². The minimum atomic E-state index is -0.666. The molecule has 3 amide bonds. The van der Waals surface area contributed by atoms with Crippen LogP contribution >= 0.6 is 11.8 Å². The van der Waals surface area contributed by atoms with Crippen molar-refractivity contribution in [3.05, 3.63) is 125 Å². The lowest BCUT2D eigenvalue weighted by Gasteiger charge is -2.36. The van der Waals surface area contributed by atoms with E-state index in [1.807, 2.05) is 60.7 Å². The molecule has 1 fully saturated rings. The molecule has 4 aromatic rings. The summed E-state index contributed by atoms with van der Waals surface area (Å²) in [4.78, 5) is 39.5. The van der Waals surface area contributed by atoms with E-state index in [4.69, 9.17) is 9.47 Å².